The highest BCUT2D eigenvalue weighted by molar-refractivity contribution is 7.92. The lowest BCUT2D eigenvalue weighted by Crippen LogP contribution is -2.36. The lowest BCUT2D eigenvalue weighted by atomic mass is 10.0. The number of pyridine rings is 1. The Bertz CT molecular complexity index is 1680. The molecule has 6 rings (SSSR count). The van der Waals surface area contributed by atoms with Crippen molar-refractivity contribution in [1.29, 1.82) is 0 Å². The predicted molar refractivity (Wildman–Crippen MR) is 145 cm³/mol. The van der Waals surface area contributed by atoms with Crippen LogP contribution < -0.4 is 10.5 Å². The number of benzene rings is 2. The first-order valence-electron chi connectivity index (χ1n) is 13.0. The molecule has 3 heterocycles. The molecule has 1 saturated heterocycles. The molecule has 0 atom stereocenters. The van der Waals surface area contributed by atoms with Crippen LogP contribution in [0.3, 0.4) is 0 Å². The van der Waals surface area contributed by atoms with Gasteiger partial charge in [-0.05, 0) is 73.7 Å². The Balaban J connectivity index is 1.38. The third-order valence-corrected chi connectivity index (χ3v) is 8.82. The molecule has 208 valence electrons. The first-order chi connectivity index (χ1) is 19.2. The maximum absolute atomic E-state index is 16.0. The predicted octanol–water partition coefficient (Wildman–Crippen LogP) is 5.21. The number of likely N-dealkylation sites (tertiary alicyclic amines) is 1. The summed E-state index contributed by atoms with van der Waals surface area (Å²) in [5, 5.41) is 4.79. The highest BCUT2D eigenvalue weighted by atomic mass is 32.2. The van der Waals surface area contributed by atoms with Crippen LogP contribution in [-0.2, 0) is 10.0 Å². The lowest BCUT2D eigenvalue weighted by Gasteiger charge is -2.32. The minimum Gasteiger partial charge on any atom is -0.384 e. The molecule has 3 N–H and O–H groups in total. The van der Waals surface area contributed by atoms with Crippen molar-refractivity contribution in [3.63, 3.8) is 0 Å². The molecule has 2 aromatic heterocycles. The minimum absolute atomic E-state index is 0.0412. The number of aromatic nitrogens is 3. The zero-order valence-electron chi connectivity index (χ0n) is 21.4. The summed E-state index contributed by atoms with van der Waals surface area (Å²) in [5.74, 6) is -2.71. The number of rotatable bonds is 7. The number of nitrogens with two attached hydrogens (primary N) is 1. The zero-order valence-corrected chi connectivity index (χ0v) is 22.2. The topological polar surface area (TPSA) is 106 Å². The van der Waals surface area contributed by atoms with Gasteiger partial charge in [-0.3, -0.25) is 9.40 Å². The van der Waals surface area contributed by atoms with E-state index in [4.69, 9.17) is 10.8 Å². The fraction of sp³-hybridized carbons (Fsp3) is 0.286. The van der Waals surface area contributed by atoms with Gasteiger partial charge < -0.3 is 10.6 Å². The number of anilines is 2. The van der Waals surface area contributed by atoms with E-state index in [0.29, 0.717) is 35.0 Å². The molecule has 1 aliphatic heterocycles. The highest BCUT2D eigenvalue weighted by Crippen LogP contribution is 2.38. The number of halogens is 3. The van der Waals surface area contributed by atoms with E-state index >= 15 is 4.39 Å². The molecule has 1 aliphatic carbocycles. The fourth-order valence-corrected chi connectivity index (χ4v) is 6.39. The maximum Gasteiger partial charge on any atom is 0.265 e. The molecule has 12 heteroatoms. The normalized spacial score (nSPS) is 16.8. The summed E-state index contributed by atoms with van der Waals surface area (Å²) in [7, 11) is -4.64. The van der Waals surface area contributed by atoms with E-state index in [1.165, 1.54) is 31.0 Å². The number of nitrogens with one attached hydrogen (secondary N) is 1. The summed E-state index contributed by atoms with van der Waals surface area (Å²) in [5.41, 5.74) is 7.13. The van der Waals surface area contributed by atoms with Crippen molar-refractivity contribution in [2.45, 2.75) is 42.7 Å². The molecule has 0 bridgehead atoms. The summed E-state index contributed by atoms with van der Waals surface area (Å²) in [6, 6.07) is 10.4. The van der Waals surface area contributed by atoms with E-state index in [9.17, 15) is 17.2 Å². The molecule has 0 radical (unpaired) electrons. The Kier molecular flexibility index (Phi) is 6.75. The van der Waals surface area contributed by atoms with Gasteiger partial charge in [-0.25, -0.2) is 26.6 Å². The van der Waals surface area contributed by atoms with Gasteiger partial charge in [0.15, 0.2) is 5.82 Å². The second-order valence-corrected chi connectivity index (χ2v) is 11.8. The van der Waals surface area contributed by atoms with E-state index in [0.717, 1.165) is 32.0 Å². The van der Waals surface area contributed by atoms with Gasteiger partial charge in [-0.2, -0.15) is 5.10 Å². The fourth-order valence-electron chi connectivity index (χ4n) is 5.24. The maximum atomic E-state index is 16.0. The largest absolute Gasteiger partial charge is 0.384 e. The average molecular weight is 569 g/mol. The van der Waals surface area contributed by atoms with E-state index in [2.05, 4.69) is 14.6 Å². The van der Waals surface area contributed by atoms with Crippen LogP contribution in [0.25, 0.3) is 22.4 Å². The Morgan fingerprint density at radius 3 is 2.42 bits per heavy atom. The van der Waals surface area contributed by atoms with Gasteiger partial charge in [0.25, 0.3) is 10.0 Å². The first kappa shape index (κ1) is 26.3. The monoisotopic (exact) mass is 568 g/mol. The molecule has 2 aliphatic rings. The van der Waals surface area contributed by atoms with Crippen molar-refractivity contribution in [3.8, 4) is 22.4 Å². The molecule has 1 saturated carbocycles. The third-order valence-electron chi connectivity index (χ3n) is 7.44. The first-order valence-corrected chi connectivity index (χ1v) is 14.5. The van der Waals surface area contributed by atoms with Crippen LogP contribution in [0.2, 0.25) is 0 Å². The van der Waals surface area contributed by atoms with Gasteiger partial charge in [0.05, 0.1) is 11.7 Å². The summed E-state index contributed by atoms with van der Waals surface area (Å²) < 4.78 is 73.5. The van der Waals surface area contributed by atoms with Crippen LogP contribution >= 0.6 is 0 Å². The molecule has 40 heavy (non-hydrogen) atoms. The Labute approximate surface area is 229 Å². The van der Waals surface area contributed by atoms with E-state index < -0.39 is 38.1 Å². The van der Waals surface area contributed by atoms with Gasteiger partial charge in [-0.15, -0.1) is 0 Å². The summed E-state index contributed by atoms with van der Waals surface area (Å²) >= 11 is 0. The second kappa shape index (κ2) is 10.3. The van der Waals surface area contributed by atoms with E-state index in [1.807, 2.05) is 10.9 Å². The highest BCUT2D eigenvalue weighted by Gasteiger charge is 2.33. The molecule has 2 fully saturated rings. The number of hydrogen-bond acceptors (Lipinski definition) is 6. The van der Waals surface area contributed by atoms with Crippen LogP contribution in [0.5, 0.6) is 0 Å². The van der Waals surface area contributed by atoms with Crippen molar-refractivity contribution in [2.75, 3.05) is 23.5 Å². The van der Waals surface area contributed by atoms with Crippen LogP contribution in [0, 0.1) is 17.5 Å². The number of hydrogen-bond donors (Lipinski definition) is 2. The molecule has 2 aromatic carbocycles. The quantitative estimate of drug-likeness (QED) is 0.317. The molecule has 0 amide bonds. The standard InChI is InChI=1S/C28H27F3N6O2S/c29-18-4-7-23(30)25(15-18)40(38,39)35-24-3-1-2-21(27(24)31)28-22(17-8-11-33-26(32)14-17)16-37(34-28)20-9-12-36(13-10-20)19-5-6-19/h1-4,7-8,11,14-16,19-20,35H,5-6,9-10,12-13H2,(H2,32,33). The summed E-state index contributed by atoms with van der Waals surface area (Å²) in [6.45, 7) is 1.93. The van der Waals surface area contributed by atoms with Gasteiger partial charge in [0.2, 0.25) is 0 Å². The van der Waals surface area contributed by atoms with Gasteiger partial charge >= 0.3 is 0 Å². The Hall–Kier alpha value is -3.90. The number of piperidine rings is 1. The summed E-state index contributed by atoms with van der Waals surface area (Å²) in [6.07, 6.45) is 7.70. The summed E-state index contributed by atoms with van der Waals surface area (Å²) in [4.78, 5) is 5.62. The number of nitrogens with zero attached hydrogens (tertiary/aromatic N) is 4. The van der Waals surface area contributed by atoms with Crippen molar-refractivity contribution >= 4 is 21.5 Å². The van der Waals surface area contributed by atoms with Crippen molar-refractivity contribution in [1.82, 2.24) is 19.7 Å². The molecule has 8 nitrogen and oxygen atoms in total. The molecule has 4 aromatic rings. The minimum atomic E-state index is -4.64. The van der Waals surface area contributed by atoms with E-state index in [1.54, 1.807) is 18.3 Å². The van der Waals surface area contributed by atoms with Crippen LogP contribution in [0.1, 0.15) is 31.7 Å². The molecular weight excluding hydrogens is 541 g/mol. The van der Waals surface area contributed by atoms with Gasteiger partial charge in [-0.1, -0.05) is 6.07 Å². The average Bonchev–Trinajstić information content (AvgIpc) is 3.69. The molecule has 0 spiro atoms. The van der Waals surface area contributed by atoms with Crippen molar-refractivity contribution in [2.24, 2.45) is 0 Å². The Morgan fingerprint density at radius 2 is 1.70 bits per heavy atom. The van der Waals surface area contributed by atoms with Crippen LogP contribution in [0.4, 0.5) is 24.7 Å². The smallest absolute Gasteiger partial charge is 0.265 e. The molecule has 0 unspecified atom stereocenters. The van der Waals surface area contributed by atoms with Crippen molar-refractivity contribution < 1.29 is 21.6 Å². The number of sulfonamides is 1. The van der Waals surface area contributed by atoms with E-state index in [-0.39, 0.29) is 17.4 Å². The van der Waals surface area contributed by atoms with Crippen molar-refractivity contribution in [3.05, 3.63) is 78.4 Å². The lowest BCUT2D eigenvalue weighted by molar-refractivity contribution is 0.172. The Morgan fingerprint density at radius 1 is 0.925 bits per heavy atom. The van der Waals surface area contributed by atoms with Gasteiger partial charge in [0.1, 0.15) is 28.0 Å². The second-order valence-electron chi connectivity index (χ2n) is 10.2. The molecular formula is C28H27F3N6O2S. The van der Waals surface area contributed by atoms with Gasteiger partial charge in [0, 0.05) is 42.7 Å². The SMILES string of the molecule is Nc1cc(-c2cn(C3CCN(C4CC4)CC3)nc2-c2cccc(NS(=O)(=O)c3cc(F)ccc3F)c2F)ccn1. The zero-order chi connectivity index (χ0) is 28.0. The third kappa shape index (κ3) is 5.16. The number of nitrogen functional groups attached to an aromatic ring is 1. The van der Waals surface area contributed by atoms with Crippen LogP contribution in [0.15, 0.2) is 65.8 Å². The van der Waals surface area contributed by atoms with Crippen LogP contribution in [-0.4, -0.2) is 47.2 Å².